The van der Waals surface area contributed by atoms with Gasteiger partial charge in [0.25, 0.3) is 0 Å². The van der Waals surface area contributed by atoms with Crippen molar-refractivity contribution in [1.29, 1.82) is 0 Å². The zero-order valence-corrected chi connectivity index (χ0v) is 10.3. The van der Waals surface area contributed by atoms with Crippen LogP contribution in [-0.2, 0) is 6.54 Å². The maximum Gasteiger partial charge on any atom is 0.134 e. The molecule has 0 atom stereocenters. The topological polar surface area (TPSA) is 90.7 Å². The Hall–Kier alpha value is -2.05. The van der Waals surface area contributed by atoms with E-state index >= 15 is 0 Å². The highest BCUT2D eigenvalue weighted by Crippen LogP contribution is 2.28. The molecule has 0 saturated heterocycles. The number of fused-ring (bicyclic) bond motifs is 1. The molecule has 0 bridgehead atoms. The van der Waals surface area contributed by atoms with E-state index in [2.05, 4.69) is 15.0 Å². The lowest BCUT2D eigenvalue weighted by Crippen LogP contribution is -1.93. The Morgan fingerprint density at radius 1 is 1.17 bits per heavy atom. The van der Waals surface area contributed by atoms with E-state index in [1.54, 1.807) is 17.5 Å². The smallest absolute Gasteiger partial charge is 0.134 e. The summed E-state index contributed by atoms with van der Waals surface area (Å²) in [5.74, 6) is 0.484. The van der Waals surface area contributed by atoms with E-state index in [1.165, 1.54) is 6.33 Å². The molecule has 0 amide bonds. The fourth-order valence-corrected chi connectivity index (χ4v) is 2.53. The molecule has 0 fully saturated rings. The first kappa shape index (κ1) is 11.1. The van der Waals surface area contributed by atoms with Crippen LogP contribution in [0.2, 0.25) is 0 Å². The molecule has 0 aliphatic rings. The van der Waals surface area contributed by atoms with Crippen molar-refractivity contribution in [1.82, 2.24) is 15.0 Å². The van der Waals surface area contributed by atoms with Crippen LogP contribution in [-0.4, -0.2) is 15.0 Å². The number of hydrogen-bond acceptors (Lipinski definition) is 6. The maximum absolute atomic E-state index is 5.85. The third-order valence-corrected chi connectivity index (χ3v) is 3.74. The molecule has 3 rings (SSSR count). The Kier molecular flexibility index (Phi) is 2.66. The van der Waals surface area contributed by atoms with Gasteiger partial charge in [0.1, 0.15) is 17.2 Å². The summed E-state index contributed by atoms with van der Waals surface area (Å²) in [5, 5.41) is 1.78. The summed E-state index contributed by atoms with van der Waals surface area (Å²) >= 11 is 1.58. The Balaban J connectivity index is 2.15. The van der Waals surface area contributed by atoms with E-state index in [0.717, 1.165) is 26.4 Å². The van der Waals surface area contributed by atoms with Gasteiger partial charge in [-0.15, -0.1) is 11.3 Å². The van der Waals surface area contributed by atoms with E-state index in [1.807, 2.05) is 18.2 Å². The number of benzene rings is 1. The molecule has 1 aromatic carbocycles. The normalized spacial score (nSPS) is 10.9. The summed E-state index contributed by atoms with van der Waals surface area (Å²) in [4.78, 5) is 13.6. The van der Waals surface area contributed by atoms with Crippen molar-refractivity contribution < 1.29 is 0 Å². The molecule has 18 heavy (non-hydrogen) atoms. The number of nitrogen functional groups attached to an aromatic ring is 1. The van der Waals surface area contributed by atoms with Crippen LogP contribution in [0.15, 0.2) is 30.7 Å². The molecule has 0 saturated carbocycles. The fourth-order valence-electron chi connectivity index (χ4n) is 1.74. The van der Waals surface area contributed by atoms with Crippen molar-refractivity contribution in [2.45, 2.75) is 6.54 Å². The standard InChI is InChI=1S/C12H11N5S/c13-4-8-5-15-12(18-8)7-1-2-10-9(3-7)11(14)17-6-16-10/h1-3,5-6H,4,13H2,(H2,14,16,17). The predicted molar refractivity (Wildman–Crippen MR) is 72.9 cm³/mol. The number of nitrogens with two attached hydrogens (primary N) is 2. The van der Waals surface area contributed by atoms with Gasteiger partial charge in [0, 0.05) is 28.6 Å². The van der Waals surface area contributed by atoms with Gasteiger partial charge in [0.05, 0.1) is 5.52 Å². The molecule has 0 spiro atoms. The third-order valence-electron chi connectivity index (χ3n) is 2.67. The minimum Gasteiger partial charge on any atom is -0.383 e. The molecular formula is C12H11N5S. The number of hydrogen-bond donors (Lipinski definition) is 2. The average Bonchev–Trinajstić information content (AvgIpc) is 2.88. The highest BCUT2D eigenvalue weighted by Gasteiger charge is 2.07. The van der Waals surface area contributed by atoms with Crippen LogP contribution < -0.4 is 11.5 Å². The Morgan fingerprint density at radius 2 is 2.06 bits per heavy atom. The number of aromatic nitrogens is 3. The first-order chi connectivity index (χ1) is 8.78. The minimum absolute atomic E-state index is 0.484. The van der Waals surface area contributed by atoms with Gasteiger partial charge in [0.15, 0.2) is 0 Å². The molecular weight excluding hydrogens is 246 g/mol. The second-order valence-corrected chi connectivity index (χ2v) is 4.94. The summed E-state index contributed by atoms with van der Waals surface area (Å²) in [5.41, 5.74) is 13.3. The minimum atomic E-state index is 0.484. The van der Waals surface area contributed by atoms with Gasteiger partial charge in [-0.3, -0.25) is 0 Å². The maximum atomic E-state index is 5.85. The lowest BCUT2D eigenvalue weighted by molar-refractivity contribution is 1.10. The van der Waals surface area contributed by atoms with Gasteiger partial charge in [-0.1, -0.05) is 0 Å². The molecule has 2 aromatic heterocycles. The second kappa shape index (κ2) is 4.32. The highest BCUT2D eigenvalue weighted by molar-refractivity contribution is 7.15. The highest BCUT2D eigenvalue weighted by atomic mass is 32.1. The SMILES string of the molecule is NCc1cnc(-c2ccc3ncnc(N)c3c2)s1. The average molecular weight is 257 g/mol. The number of nitrogens with zero attached hydrogens (tertiary/aromatic N) is 3. The second-order valence-electron chi connectivity index (χ2n) is 3.83. The Morgan fingerprint density at radius 3 is 2.83 bits per heavy atom. The molecule has 6 heteroatoms. The van der Waals surface area contributed by atoms with Crippen LogP contribution in [0.5, 0.6) is 0 Å². The molecule has 5 nitrogen and oxygen atoms in total. The monoisotopic (exact) mass is 257 g/mol. The van der Waals surface area contributed by atoms with Gasteiger partial charge < -0.3 is 11.5 Å². The summed E-state index contributed by atoms with van der Waals surface area (Å²) in [6.45, 7) is 0.510. The Labute approximate surface area is 108 Å². The van der Waals surface area contributed by atoms with Gasteiger partial charge >= 0.3 is 0 Å². The van der Waals surface area contributed by atoms with E-state index in [-0.39, 0.29) is 0 Å². The van der Waals surface area contributed by atoms with Gasteiger partial charge in [0.2, 0.25) is 0 Å². The van der Waals surface area contributed by atoms with Crippen LogP contribution in [0.1, 0.15) is 4.88 Å². The number of rotatable bonds is 2. The van der Waals surface area contributed by atoms with Crippen LogP contribution in [0.4, 0.5) is 5.82 Å². The van der Waals surface area contributed by atoms with E-state index < -0.39 is 0 Å². The molecule has 0 aliphatic heterocycles. The van der Waals surface area contributed by atoms with Gasteiger partial charge in [-0.05, 0) is 18.2 Å². The van der Waals surface area contributed by atoms with Crippen LogP contribution in [0.3, 0.4) is 0 Å². The van der Waals surface area contributed by atoms with Crippen LogP contribution in [0.25, 0.3) is 21.5 Å². The first-order valence-electron chi connectivity index (χ1n) is 5.43. The van der Waals surface area contributed by atoms with Crippen molar-refractivity contribution in [3.8, 4) is 10.6 Å². The van der Waals surface area contributed by atoms with E-state index in [0.29, 0.717) is 12.4 Å². The van der Waals surface area contributed by atoms with Crippen molar-refractivity contribution in [3.63, 3.8) is 0 Å². The molecule has 90 valence electrons. The third kappa shape index (κ3) is 1.81. The molecule has 3 aromatic rings. The number of thiazole rings is 1. The summed E-state index contributed by atoms with van der Waals surface area (Å²) in [6.07, 6.45) is 3.27. The zero-order valence-electron chi connectivity index (χ0n) is 9.50. The van der Waals surface area contributed by atoms with Crippen molar-refractivity contribution >= 4 is 28.1 Å². The zero-order chi connectivity index (χ0) is 12.5. The summed E-state index contributed by atoms with van der Waals surface area (Å²) < 4.78 is 0. The van der Waals surface area contributed by atoms with Gasteiger partial charge in [-0.25, -0.2) is 15.0 Å². The quantitative estimate of drug-likeness (QED) is 0.730. The molecule has 0 aliphatic carbocycles. The Bertz CT molecular complexity index is 707. The van der Waals surface area contributed by atoms with E-state index in [4.69, 9.17) is 11.5 Å². The molecule has 0 radical (unpaired) electrons. The molecule has 4 N–H and O–H groups in total. The summed E-state index contributed by atoms with van der Waals surface area (Å²) in [6, 6.07) is 5.87. The van der Waals surface area contributed by atoms with Gasteiger partial charge in [-0.2, -0.15) is 0 Å². The van der Waals surface area contributed by atoms with Crippen LogP contribution >= 0.6 is 11.3 Å². The largest absolute Gasteiger partial charge is 0.383 e. The molecule has 2 heterocycles. The number of anilines is 1. The van der Waals surface area contributed by atoms with Crippen molar-refractivity contribution in [3.05, 3.63) is 35.6 Å². The lowest BCUT2D eigenvalue weighted by atomic mass is 10.1. The van der Waals surface area contributed by atoms with E-state index in [9.17, 15) is 0 Å². The first-order valence-corrected chi connectivity index (χ1v) is 6.25. The van der Waals surface area contributed by atoms with Crippen molar-refractivity contribution in [2.75, 3.05) is 5.73 Å². The summed E-state index contributed by atoms with van der Waals surface area (Å²) in [7, 11) is 0. The van der Waals surface area contributed by atoms with Crippen LogP contribution in [0, 0.1) is 0 Å². The lowest BCUT2D eigenvalue weighted by Gasteiger charge is -2.02. The fraction of sp³-hybridized carbons (Fsp3) is 0.0833. The molecule has 0 unspecified atom stereocenters. The predicted octanol–water partition coefficient (Wildman–Crippen LogP) is 1.79. The van der Waals surface area contributed by atoms with Crippen molar-refractivity contribution in [2.24, 2.45) is 5.73 Å².